The van der Waals surface area contributed by atoms with Crippen molar-refractivity contribution in [2.24, 2.45) is 0 Å². The minimum Gasteiger partial charge on any atom is -0.319 e. The van der Waals surface area contributed by atoms with Gasteiger partial charge in [-0.15, -0.1) is 0 Å². The molecule has 0 fully saturated rings. The van der Waals surface area contributed by atoms with Gasteiger partial charge in [0, 0.05) is 5.56 Å². The number of nitrogens with one attached hydrogen (secondary N) is 1. The molecule has 0 saturated carbocycles. The smallest absolute Gasteiger partial charge is 0.150 e. The molecular formula is C12H14FNO. The maximum absolute atomic E-state index is 13.0. The van der Waals surface area contributed by atoms with Gasteiger partial charge >= 0.3 is 0 Å². The highest BCUT2D eigenvalue weighted by molar-refractivity contribution is 5.76. The highest BCUT2D eigenvalue weighted by atomic mass is 19.1. The van der Waals surface area contributed by atoms with Crippen LogP contribution in [0.15, 0.2) is 24.3 Å². The Hall–Kier alpha value is -1.48. The highest BCUT2D eigenvalue weighted by Gasteiger charge is 1.96. The lowest BCUT2D eigenvalue weighted by molar-refractivity contribution is 0.112. The lowest BCUT2D eigenvalue weighted by Gasteiger charge is -1.97. The Morgan fingerprint density at radius 3 is 2.73 bits per heavy atom. The van der Waals surface area contributed by atoms with Gasteiger partial charge in [-0.05, 0) is 43.8 Å². The van der Waals surface area contributed by atoms with Gasteiger partial charge < -0.3 is 5.32 Å². The zero-order valence-electron chi connectivity index (χ0n) is 8.66. The molecular weight excluding hydrogens is 193 g/mol. The quantitative estimate of drug-likeness (QED) is 0.592. The van der Waals surface area contributed by atoms with Crippen LogP contribution in [0, 0.1) is 5.82 Å². The van der Waals surface area contributed by atoms with Crippen molar-refractivity contribution < 1.29 is 9.18 Å². The SMILES string of the molecule is CNCCC=Cc1cc(F)cc(C=O)c1. The largest absolute Gasteiger partial charge is 0.319 e. The van der Waals surface area contributed by atoms with Gasteiger partial charge in [0.25, 0.3) is 0 Å². The second-order valence-electron chi connectivity index (χ2n) is 3.23. The van der Waals surface area contributed by atoms with Crippen molar-refractivity contribution in [2.45, 2.75) is 6.42 Å². The molecule has 0 saturated heterocycles. The molecule has 1 aromatic rings. The molecule has 0 amide bonds. The van der Waals surface area contributed by atoms with Crippen LogP contribution in [0.5, 0.6) is 0 Å². The molecule has 2 nitrogen and oxygen atoms in total. The van der Waals surface area contributed by atoms with E-state index in [4.69, 9.17) is 0 Å². The van der Waals surface area contributed by atoms with Crippen molar-refractivity contribution in [3.8, 4) is 0 Å². The molecule has 0 heterocycles. The average molecular weight is 207 g/mol. The first-order valence-corrected chi connectivity index (χ1v) is 4.83. The molecule has 0 atom stereocenters. The summed E-state index contributed by atoms with van der Waals surface area (Å²) >= 11 is 0. The molecule has 0 aliphatic carbocycles. The molecule has 15 heavy (non-hydrogen) atoms. The second-order valence-corrected chi connectivity index (χ2v) is 3.23. The maximum Gasteiger partial charge on any atom is 0.150 e. The second kappa shape index (κ2) is 6.09. The van der Waals surface area contributed by atoms with Crippen LogP contribution in [0.2, 0.25) is 0 Å². The Morgan fingerprint density at radius 2 is 2.07 bits per heavy atom. The zero-order chi connectivity index (χ0) is 11.1. The van der Waals surface area contributed by atoms with E-state index in [2.05, 4.69) is 5.32 Å². The average Bonchev–Trinajstić information content (AvgIpc) is 2.23. The summed E-state index contributed by atoms with van der Waals surface area (Å²) in [5, 5.41) is 3.01. The number of hydrogen-bond donors (Lipinski definition) is 1. The van der Waals surface area contributed by atoms with Crippen molar-refractivity contribution in [3.63, 3.8) is 0 Å². The monoisotopic (exact) mass is 207 g/mol. The van der Waals surface area contributed by atoms with Crippen LogP contribution < -0.4 is 5.32 Å². The van der Waals surface area contributed by atoms with E-state index < -0.39 is 0 Å². The topological polar surface area (TPSA) is 29.1 Å². The molecule has 1 N–H and O–H groups in total. The number of carbonyl (C=O) groups is 1. The Kier molecular flexibility index (Phi) is 4.71. The van der Waals surface area contributed by atoms with Crippen LogP contribution in [0.1, 0.15) is 22.3 Å². The molecule has 0 aromatic heterocycles. The molecule has 1 aromatic carbocycles. The summed E-state index contributed by atoms with van der Waals surface area (Å²) < 4.78 is 13.0. The molecule has 0 aliphatic rings. The summed E-state index contributed by atoms with van der Waals surface area (Å²) in [6.45, 7) is 0.881. The molecule has 0 unspecified atom stereocenters. The van der Waals surface area contributed by atoms with Crippen LogP contribution in [-0.4, -0.2) is 19.9 Å². The van der Waals surface area contributed by atoms with E-state index in [1.165, 1.54) is 12.1 Å². The fraction of sp³-hybridized carbons (Fsp3) is 0.250. The summed E-state index contributed by atoms with van der Waals surface area (Å²) in [5.74, 6) is -0.382. The summed E-state index contributed by atoms with van der Waals surface area (Å²) in [4.78, 5) is 10.5. The number of halogens is 1. The van der Waals surface area contributed by atoms with Crippen molar-refractivity contribution >= 4 is 12.4 Å². The first-order valence-electron chi connectivity index (χ1n) is 4.83. The van der Waals surface area contributed by atoms with Gasteiger partial charge in [0.05, 0.1) is 0 Å². The Balaban J connectivity index is 2.72. The lowest BCUT2D eigenvalue weighted by atomic mass is 10.1. The highest BCUT2D eigenvalue weighted by Crippen LogP contribution is 2.09. The lowest BCUT2D eigenvalue weighted by Crippen LogP contribution is -2.05. The number of rotatable bonds is 5. The molecule has 0 radical (unpaired) electrons. The number of hydrogen-bond acceptors (Lipinski definition) is 2. The Morgan fingerprint density at radius 1 is 1.33 bits per heavy atom. The van der Waals surface area contributed by atoms with E-state index in [-0.39, 0.29) is 5.82 Å². The standard InChI is InChI=1S/C12H14FNO/c1-14-5-3-2-4-10-6-11(9-15)8-12(13)7-10/h2,4,6-9,14H,3,5H2,1H3. The van der Waals surface area contributed by atoms with Crippen LogP contribution in [0.4, 0.5) is 4.39 Å². The molecule has 80 valence electrons. The predicted molar refractivity (Wildman–Crippen MR) is 59.4 cm³/mol. The van der Waals surface area contributed by atoms with Crippen molar-refractivity contribution in [3.05, 3.63) is 41.2 Å². The molecule has 0 aliphatic heterocycles. The summed E-state index contributed by atoms with van der Waals surface area (Å²) in [7, 11) is 1.88. The third-order valence-corrected chi connectivity index (χ3v) is 1.95. The molecule has 0 bridgehead atoms. The van der Waals surface area contributed by atoms with Gasteiger partial charge in [-0.3, -0.25) is 4.79 Å². The number of benzene rings is 1. The zero-order valence-corrected chi connectivity index (χ0v) is 8.66. The first kappa shape index (κ1) is 11.6. The van der Waals surface area contributed by atoms with Crippen LogP contribution in [0.25, 0.3) is 6.08 Å². The van der Waals surface area contributed by atoms with E-state index in [1.54, 1.807) is 6.07 Å². The van der Waals surface area contributed by atoms with Crippen LogP contribution >= 0.6 is 0 Å². The van der Waals surface area contributed by atoms with Crippen molar-refractivity contribution in [1.82, 2.24) is 5.32 Å². The first-order chi connectivity index (χ1) is 7.26. The van der Waals surface area contributed by atoms with Gasteiger partial charge in [0.1, 0.15) is 12.1 Å². The molecule has 0 spiro atoms. The minimum absolute atomic E-state index is 0.364. The van der Waals surface area contributed by atoms with Gasteiger partial charge in [-0.2, -0.15) is 0 Å². The Labute approximate surface area is 88.8 Å². The fourth-order valence-corrected chi connectivity index (χ4v) is 1.25. The van der Waals surface area contributed by atoms with Gasteiger partial charge in [0.15, 0.2) is 0 Å². The summed E-state index contributed by atoms with van der Waals surface area (Å²) in [5.41, 5.74) is 1.08. The summed E-state index contributed by atoms with van der Waals surface area (Å²) in [6, 6.07) is 4.28. The van der Waals surface area contributed by atoms with Gasteiger partial charge in [-0.25, -0.2) is 4.39 Å². The predicted octanol–water partition coefficient (Wildman–Crippen LogP) is 2.26. The van der Waals surface area contributed by atoms with E-state index in [1.807, 2.05) is 19.2 Å². The fourth-order valence-electron chi connectivity index (χ4n) is 1.25. The molecule has 1 rings (SSSR count). The number of carbonyl (C=O) groups excluding carboxylic acids is 1. The third kappa shape index (κ3) is 4.04. The third-order valence-electron chi connectivity index (χ3n) is 1.95. The minimum atomic E-state index is -0.382. The van der Waals surface area contributed by atoms with Gasteiger partial charge in [0.2, 0.25) is 0 Å². The number of aldehydes is 1. The Bertz CT molecular complexity index is 361. The molecule has 3 heteroatoms. The van der Waals surface area contributed by atoms with E-state index in [0.29, 0.717) is 17.4 Å². The van der Waals surface area contributed by atoms with Crippen molar-refractivity contribution in [1.29, 1.82) is 0 Å². The van der Waals surface area contributed by atoms with Crippen LogP contribution in [-0.2, 0) is 0 Å². The van der Waals surface area contributed by atoms with Crippen LogP contribution in [0.3, 0.4) is 0 Å². The maximum atomic E-state index is 13.0. The summed E-state index contributed by atoms with van der Waals surface area (Å²) in [6.07, 6.45) is 5.28. The van der Waals surface area contributed by atoms with E-state index in [9.17, 15) is 9.18 Å². The van der Waals surface area contributed by atoms with E-state index >= 15 is 0 Å². The normalized spacial score (nSPS) is 10.8. The van der Waals surface area contributed by atoms with Gasteiger partial charge in [-0.1, -0.05) is 12.2 Å². The van der Waals surface area contributed by atoms with E-state index in [0.717, 1.165) is 13.0 Å². The van der Waals surface area contributed by atoms with Crippen molar-refractivity contribution in [2.75, 3.05) is 13.6 Å².